The van der Waals surface area contributed by atoms with Crippen LogP contribution in [0, 0.1) is 0 Å². The Morgan fingerprint density at radius 2 is 1.96 bits per heavy atom. The molecule has 0 radical (unpaired) electrons. The number of benzene rings is 1. The fourth-order valence-electron chi connectivity index (χ4n) is 4.20. The van der Waals surface area contributed by atoms with Gasteiger partial charge in [-0.2, -0.15) is 0 Å². The van der Waals surface area contributed by atoms with Gasteiger partial charge in [-0.15, -0.1) is 0 Å². The summed E-state index contributed by atoms with van der Waals surface area (Å²) in [5.41, 5.74) is 0.384. The molecule has 2 aliphatic rings. The molecule has 4 rings (SSSR count). The number of amides is 1. The fraction of sp³-hybridized carbons (Fsp3) is 0.500. The second-order valence-electron chi connectivity index (χ2n) is 7.50. The summed E-state index contributed by atoms with van der Waals surface area (Å²) >= 11 is 0. The highest BCUT2D eigenvalue weighted by Crippen LogP contribution is 2.31. The Hall–Kier alpha value is -2.42. The number of para-hydroxylation sites is 1. The van der Waals surface area contributed by atoms with Crippen molar-refractivity contribution >= 4 is 5.91 Å². The number of hydrogen-bond acceptors (Lipinski definition) is 6. The van der Waals surface area contributed by atoms with Crippen LogP contribution in [0.2, 0.25) is 0 Å². The minimum absolute atomic E-state index is 0.253. The number of hydrogen-bond donors (Lipinski definition) is 4. The smallest absolute Gasteiger partial charge is 0.269 e. The van der Waals surface area contributed by atoms with Crippen molar-refractivity contribution in [2.45, 2.75) is 49.7 Å². The minimum Gasteiger partial charge on any atom is -0.488 e. The molecule has 1 aromatic carbocycles. The first-order valence-electron chi connectivity index (χ1n) is 9.73. The van der Waals surface area contributed by atoms with E-state index >= 15 is 0 Å². The van der Waals surface area contributed by atoms with Gasteiger partial charge in [-0.3, -0.25) is 9.69 Å². The van der Waals surface area contributed by atoms with Crippen molar-refractivity contribution in [2.24, 2.45) is 0 Å². The average Bonchev–Trinajstić information content (AvgIpc) is 3.33. The lowest BCUT2D eigenvalue weighted by Gasteiger charge is -2.38. The van der Waals surface area contributed by atoms with E-state index in [-0.39, 0.29) is 24.1 Å². The average molecular weight is 386 g/mol. The van der Waals surface area contributed by atoms with Crippen LogP contribution in [0.1, 0.15) is 29.8 Å². The van der Waals surface area contributed by atoms with Gasteiger partial charge in [0.2, 0.25) is 0 Å². The van der Waals surface area contributed by atoms with Gasteiger partial charge in [0.1, 0.15) is 23.7 Å². The van der Waals surface area contributed by atoms with Crippen LogP contribution in [0.25, 0.3) is 0 Å². The number of nitrogens with zero attached hydrogens (tertiary/aromatic N) is 2. The van der Waals surface area contributed by atoms with Crippen molar-refractivity contribution in [1.82, 2.24) is 20.2 Å². The first kappa shape index (κ1) is 18.9. The summed E-state index contributed by atoms with van der Waals surface area (Å²) in [6.45, 7) is 1.36. The molecule has 0 spiro atoms. The number of carbonyl (C=O) groups is 1. The molecule has 2 aromatic rings. The Bertz CT molecular complexity index is 762. The molecular weight excluding hydrogens is 360 g/mol. The van der Waals surface area contributed by atoms with Crippen molar-refractivity contribution in [2.75, 3.05) is 13.1 Å². The number of carbonyl (C=O) groups excluding carboxylic acids is 1. The SMILES string of the molecule is O=C(N[C@@H]1C[C@@H](Oc2ccccc2)[C@H](O)[C@H]1N1CCC(O)CC1)c1cnc[nH]1. The van der Waals surface area contributed by atoms with E-state index in [1.54, 1.807) is 0 Å². The lowest BCUT2D eigenvalue weighted by molar-refractivity contribution is -0.0145. The molecule has 8 nitrogen and oxygen atoms in total. The number of aromatic nitrogens is 2. The molecule has 0 unspecified atom stereocenters. The van der Waals surface area contributed by atoms with E-state index in [4.69, 9.17) is 4.74 Å². The van der Waals surface area contributed by atoms with Crippen molar-refractivity contribution < 1.29 is 19.7 Å². The molecule has 1 aromatic heterocycles. The van der Waals surface area contributed by atoms with Crippen LogP contribution in [0.4, 0.5) is 0 Å². The minimum atomic E-state index is -0.748. The van der Waals surface area contributed by atoms with Gasteiger partial charge in [0.15, 0.2) is 0 Å². The predicted molar refractivity (Wildman–Crippen MR) is 102 cm³/mol. The van der Waals surface area contributed by atoms with E-state index < -0.39 is 12.2 Å². The summed E-state index contributed by atoms with van der Waals surface area (Å²) in [6, 6.07) is 8.86. The Labute approximate surface area is 163 Å². The molecule has 2 fully saturated rings. The lowest BCUT2D eigenvalue weighted by Crippen LogP contribution is -2.55. The van der Waals surface area contributed by atoms with E-state index in [1.807, 2.05) is 30.3 Å². The third kappa shape index (κ3) is 4.04. The van der Waals surface area contributed by atoms with Gasteiger partial charge < -0.3 is 25.3 Å². The molecule has 150 valence electrons. The van der Waals surface area contributed by atoms with Crippen LogP contribution >= 0.6 is 0 Å². The van der Waals surface area contributed by atoms with Crippen molar-refractivity contribution in [3.8, 4) is 5.75 Å². The van der Waals surface area contributed by atoms with Crippen LogP contribution in [0.15, 0.2) is 42.9 Å². The van der Waals surface area contributed by atoms with Crippen LogP contribution in [-0.2, 0) is 0 Å². The molecule has 1 saturated carbocycles. The molecule has 8 heteroatoms. The summed E-state index contributed by atoms with van der Waals surface area (Å²) in [5, 5.41) is 23.9. The van der Waals surface area contributed by atoms with Gasteiger partial charge in [0, 0.05) is 19.5 Å². The Balaban J connectivity index is 1.51. The molecule has 28 heavy (non-hydrogen) atoms. The lowest BCUT2D eigenvalue weighted by atomic mass is 10.0. The highest BCUT2D eigenvalue weighted by molar-refractivity contribution is 5.92. The number of ether oxygens (including phenoxy) is 1. The van der Waals surface area contributed by atoms with Gasteiger partial charge in [0.25, 0.3) is 5.91 Å². The molecular formula is C20H26N4O4. The number of nitrogens with one attached hydrogen (secondary N) is 2. The number of likely N-dealkylation sites (tertiary alicyclic amines) is 1. The van der Waals surface area contributed by atoms with Gasteiger partial charge >= 0.3 is 0 Å². The number of rotatable bonds is 5. The number of aliphatic hydroxyl groups is 2. The van der Waals surface area contributed by atoms with E-state index in [0.717, 1.165) is 0 Å². The predicted octanol–water partition coefficient (Wildman–Crippen LogP) is 0.546. The second kappa shape index (κ2) is 8.30. The molecule has 1 aliphatic carbocycles. The zero-order valence-corrected chi connectivity index (χ0v) is 15.6. The molecule has 2 heterocycles. The van der Waals surface area contributed by atoms with Crippen LogP contribution in [0.3, 0.4) is 0 Å². The number of aromatic amines is 1. The first-order chi connectivity index (χ1) is 13.6. The first-order valence-corrected chi connectivity index (χ1v) is 9.73. The van der Waals surface area contributed by atoms with Gasteiger partial charge in [-0.25, -0.2) is 4.98 Å². The number of aliphatic hydroxyl groups excluding tert-OH is 2. The van der Waals surface area contributed by atoms with Crippen LogP contribution < -0.4 is 10.1 Å². The highest BCUT2D eigenvalue weighted by Gasteiger charge is 2.48. The molecule has 0 bridgehead atoms. The quantitative estimate of drug-likeness (QED) is 0.597. The second-order valence-corrected chi connectivity index (χ2v) is 7.50. The maximum Gasteiger partial charge on any atom is 0.269 e. The molecule has 1 saturated heterocycles. The van der Waals surface area contributed by atoms with Crippen LogP contribution in [0.5, 0.6) is 5.75 Å². The maximum absolute atomic E-state index is 12.6. The van der Waals surface area contributed by atoms with Gasteiger partial charge in [-0.1, -0.05) is 18.2 Å². The zero-order valence-electron chi connectivity index (χ0n) is 15.6. The Kier molecular flexibility index (Phi) is 5.61. The molecule has 1 amide bonds. The van der Waals surface area contributed by atoms with Gasteiger partial charge in [-0.05, 0) is 25.0 Å². The summed E-state index contributed by atoms with van der Waals surface area (Å²) in [5.74, 6) is 0.442. The van der Waals surface area contributed by atoms with Crippen LogP contribution in [-0.4, -0.2) is 74.5 Å². The summed E-state index contributed by atoms with van der Waals surface area (Å²) in [7, 11) is 0. The van der Waals surface area contributed by atoms with E-state index in [2.05, 4.69) is 20.2 Å². The van der Waals surface area contributed by atoms with Gasteiger partial charge in [0.05, 0.1) is 30.7 Å². The van der Waals surface area contributed by atoms with Crippen molar-refractivity contribution in [1.29, 1.82) is 0 Å². The zero-order chi connectivity index (χ0) is 19.5. The molecule has 4 atom stereocenters. The monoisotopic (exact) mass is 386 g/mol. The van der Waals surface area contributed by atoms with E-state index in [1.165, 1.54) is 12.5 Å². The van der Waals surface area contributed by atoms with Crippen molar-refractivity contribution in [3.63, 3.8) is 0 Å². The maximum atomic E-state index is 12.6. The largest absolute Gasteiger partial charge is 0.488 e. The number of piperidine rings is 1. The highest BCUT2D eigenvalue weighted by atomic mass is 16.5. The third-order valence-electron chi connectivity index (χ3n) is 5.64. The summed E-state index contributed by atoms with van der Waals surface area (Å²) < 4.78 is 6.03. The molecule has 1 aliphatic heterocycles. The van der Waals surface area contributed by atoms with E-state index in [0.29, 0.717) is 43.8 Å². The Morgan fingerprint density at radius 3 is 2.64 bits per heavy atom. The fourth-order valence-corrected chi connectivity index (χ4v) is 4.20. The number of H-pyrrole nitrogens is 1. The standard InChI is InChI=1S/C20H26N4O4/c25-13-6-8-24(9-7-13)18-15(23-20(27)16-11-21-12-22-16)10-17(19(18)26)28-14-4-2-1-3-5-14/h1-5,11-13,15,17-19,25-26H,6-10H2,(H,21,22)(H,23,27)/t15-,17-,18+,19+/m1/s1. The van der Waals surface area contributed by atoms with E-state index in [9.17, 15) is 15.0 Å². The Morgan fingerprint density at radius 1 is 1.21 bits per heavy atom. The van der Waals surface area contributed by atoms with Crippen molar-refractivity contribution in [3.05, 3.63) is 48.5 Å². The number of imidazole rings is 1. The molecule has 4 N–H and O–H groups in total. The summed E-state index contributed by atoms with van der Waals surface area (Å²) in [4.78, 5) is 21.4. The summed E-state index contributed by atoms with van der Waals surface area (Å²) in [6.07, 6.45) is 3.29. The topological polar surface area (TPSA) is 111 Å². The normalized spacial score (nSPS) is 28.9. The third-order valence-corrected chi connectivity index (χ3v) is 5.64.